The van der Waals surface area contributed by atoms with Gasteiger partial charge < -0.3 is 15.3 Å². The molecule has 0 spiro atoms. The van der Waals surface area contributed by atoms with Crippen molar-refractivity contribution in [1.29, 1.82) is 5.26 Å². The highest BCUT2D eigenvalue weighted by atomic mass is 16.3. The summed E-state index contributed by atoms with van der Waals surface area (Å²) in [5, 5.41) is 21.5. The maximum absolute atomic E-state index is 12.3. The van der Waals surface area contributed by atoms with Crippen LogP contribution in [-0.2, 0) is 17.8 Å². The van der Waals surface area contributed by atoms with Gasteiger partial charge in [-0.2, -0.15) is 5.26 Å². The summed E-state index contributed by atoms with van der Waals surface area (Å²) in [6.07, 6.45) is 1.39. The molecule has 3 rings (SSSR count). The van der Waals surface area contributed by atoms with E-state index in [0.29, 0.717) is 19.5 Å². The van der Waals surface area contributed by atoms with Gasteiger partial charge in [-0.3, -0.25) is 4.79 Å². The molecule has 0 bridgehead atoms. The fourth-order valence-corrected chi connectivity index (χ4v) is 2.66. The standard InChI is InChI=1S/C14H15N3O2/c15-7-11-3-4-17(11)14(19)13-6-9-1-2-12(18)5-10(9)8-16-13/h1-2,5,11,13,16,18H,3-4,6,8H2/t11-,13-/m0/s1. The number of phenolic OH excluding ortho intramolecular Hbond substituents is 1. The van der Waals surface area contributed by atoms with E-state index in [1.807, 2.05) is 6.07 Å². The van der Waals surface area contributed by atoms with Crippen molar-refractivity contribution in [2.75, 3.05) is 6.54 Å². The predicted octanol–water partition coefficient (Wildman–Crippen LogP) is 0.531. The lowest BCUT2D eigenvalue weighted by molar-refractivity contribution is -0.139. The van der Waals surface area contributed by atoms with Crippen LogP contribution in [0.5, 0.6) is 5.75 Å². The molecule has 2 aliphatic heterocycles. The van der Waals surface area contributed by atoms with Gasteiger partial charge in [0, 0.05) is 13.1 Å². The molecule has 5 nitrogen and oxygen atoms in total. The molecular weight excluding hydrogens is 242 g/mol. The number of nitrogens with one attached hydrogen (secondary N) is 1. The van der Waals surface area contributed by atoms with Gasteiger partial charge in [0.25, 0.3) is 0 Å². The predicted molar refractivity (Wildman–Crippen MR) is 68.2 cm³/mol. The SMILES string of the molecule is N#C[C@@H]1CCN1C(=O)[C@@H]1Cc2ccc(O)cc2CN1. The Morgan fingerprint density at radius 3 is 3.00 bits per heavy atom. The molecule has 98 valence electrons. The second kappa shape index (κ2) is 4.56. The number of carbonyl (C=O) groups excluding carboxylic acids is 1. The summed E-state index contributed by atoms with van der Waals surface area (Å²) in [5.74, 6) is 0.258. The van der Waals surface area contributed by atoms with Gasteiger partial charge in [-0.25, -0.2) is 0 Å². The molecule has 0 aliphatic carbocycles. The summed E-state index contributed by atoms with van der Waals surface area (Å²) in [7, 11) is 0. The molecule has 0 saturated carbocycles. The van der Waals surface area contributed by atoms with E-state index in [-0.39, 0.29) is 23.7 Å². The van der Waals surface area contributed by atoms with E-state index in [1.54, 1.807) is 17.0 Å². The van der Waals surface area contributed by atoms with Crippen molar-refractivity contribution in [3.63, 3.8) is 0 Å². The molecule has 0 aromatic heterocycles. The van der Waals surface area contributed by atoms with Crippen LogP contribution < -0.4 is 5.32 Å². The first-order valence-corrected chi connectivity index (χ1v) is 6.43. The Labute approximate surface area is 111 Å². The van der Waals surface area contributed by atoms with Crippen LogP contribution in [0, 0.1) is 11.3 Å². The van der Waals surface area contributed by atoms with Gasteiger partial charge in [0.05, 0.1) is 12.1 Å². The molecular formula is C14H15N3O2. The number of amides is 1. The van der Waals surface area contributed by atoms with Gasteiger partial charge in [0.2, 0.25) is 5.91 Å². The van der Waals surface area contributed by atoms with E-state index < -0.39 is 0 Å². The van der Waals surface area contributed by atoms with E-state index in [1.165, 1.54) is 0 Å². The summed E-state index contributed by atoms with van der Waals surface area (Å²) in [4.78, 5) is 13.9. The number of phenols is 1. The van der Waals surface area contributed by atoms with Crippen LogP contribution in [0.2, 0.25) is 0 Å². The molecule has 1 fully saturated rings. The van der Waals surface area contributed by atoms with E-state index >= 15 is 0 Å². The average molecular weight is 257 g/mol. The minimum Gasteiger partial charge on any atom is -0.508 e. The van der Waals surface area contributed by atoms with E-state index in [2.05, 4.69) is 11.4 Å². The van der Waals surface area contributed by atoms with Crippen LogP contribution in [0.4, 0.5) is 0 Å². The maximum Gasteiger partial charge on any atom is 0.241 e. The number of benzene rings is 1. The number of rotatable bonds is 1. The molecule has 2 N–H and O–H groups in total. The van der Waals surface area contributed by atoms with Gasteiger partial charge in [0.1, 0.15) is 11.8 Å². The van der Waals surface area contributed by atoms with E-state index in [4.69, 9.17) is 5.26 Å². The van der Waals surface area contributed by atoms with Crippen molar-refractivity contribution in [2.45, 2.75) is 31.5 Å². The molecule has 1 aromatic carbocycles. The monoisotopic (exact) mass is 257 g/mol. The van der Waals surface area contributed by atoms with Crippen LogP contribution >= 0.6 is 0 Å². The van der Waals surface area contributed by atoms with Gasteiger partial charge in [0.15, 0.2) is 0 Å². The highest BCUT2D eigenvalue weighted by molar-refractivity contribution is 5.84. The summed E-state index contributed by atoms with van der Waals surface area (Å²) < 4.78 is 0. The topological polar surface area (TPSA) is 76.4 Å². The molecule has 0 radical (unpaired) electrons. The molecule has 0 unspecified atom stereocenters. The Morgan fingerprint density at radius 1 is 1.47 bits per heavy atom. The number of hydrogen-bond acceptors (Lipinski definition) is 4. The fourth-order valence-electron chi connectivity index (χ4n) is 2.66. The summed E-state index contributed by atoms with van der Waals surface area (Å²) in [6, 6.07) is 6.87. The zero-order chi connectivity index (χ0) is 13.4. The van der Waals surface area contributed by atoms with Gasteiger partial charge >= 0.3 is 0 Å². The highest BCUT2D eigenvalue weighted by Gasteiger charge is 2.37. The number of nitrogens with zero attached hydrogens (tertiary/aromatic N) is 2. The molecule has 1 amide bonds. The largest absolute Gasteiger partial charge is 0.508 e. The molecule has 2 heterocycles. The lowest BCUT2D eigenvalue weighted by Gasteiger charge is -2.39. The number of hydrogen-bond donors (Lipinski definition) is 2. The summed E-state index contributed by atoms with van der Waals surface area (Å²) in [6.45, 7) is 1.25. The Morgan fingerprint density at radius 2 is 2.32 bits per heavy atom. The maximum atomic E-state index is 12.3. The zero-order valence-electron chi connectivity index (χ0n) is 10.5. The van der Waals surface area contributed by atoms with E-state index in [9.17, 15) is 9.90 Å². The first-order chi connectivity index (χ1) is 9.19. The number of aromatic hydroxyl groups is 1. The number of carbonyl (C=O) groups is 1. The Hall–Kier alpha value is -2.06. The zero-order valence-corrected chi connectivity index (χ0v) is 10.5. The smallest absolute Gasteiger partial charge is 0.241 e. The molecule has 5 heteroatoms. The Kier molecular flexibility index (Phi) is 2.88. The third kappa shape index (κ3) is 2.04. The summed E-state index contributed by atoms with van der Waals surface area (Å²) >= 11 is 0. The minimum atomic E-state index is -0.256. The normalized spacial score (nSPS) is 25.1. The average Bonchev–Trinajstić information content (AvgIpc) is 2.37. The molecule has 2 atom stereocenters. The third-order valence-corrected chi connectivity index (χ3v) is 3.90. The first-order valence-electron chi connectivity index (χ1n) is 6.43. The second-order valence-corrected chi connectivity index (χ2v) is 5.06. The molecule has 19 heavy (non-hydrogen) atoms. The molecule has 1 saturated heterocycles. The van der Waals surface area contributed by atoms with Crippen molar-refractivity contribution in [3.05, 3.63) is 29.3 Å². The van der Waals surface area contributed by atoms with E-state index in [0.717, 1.165) is 17.5 Å². The third-order valence-electron chi connectivity index (χ3n) is 3.90. The Balaban J connectivity index is 1.74. The van der Waals surface area contributed by atoms with Crippen molar-refractivity contribution >= 4 is 5.91 Å². The van der Waals surface area contributed by atoms with Crippen molar-refractivity contribution in [1.82, 2.24) is 10.2 Å². The minimum absolute atomic E-state index is 0.0107. The molecule has 1 aromatic rings. The summed E-state index contributed by atoms with van der Waals surface area (Å²) in [5.41, 5.74) is 2.12. The van der Waals surface area contributed by atoms with Crippen LogP contribution in [-0.4, -0.2) is 34.5 Å². The molecule has 2 aliphatic rings. The lowest BCUT2D eigenvalue weighted by atomic mass is 9.93. The lowest BCUT2D eigenvalue weighted by Crippen LogP contribution is -2.58. The first kappa shape index (κ1) is 12.0. The Bertz CT molecular complexity index is 564. The van der Waals surface area contributed by atoms with Crippen LogP contribution in [0.25, 0.3) is 0 Å². The van der Waals surface area contributed by atoms with Crippen molar-refractivity contribution < 1.29 is 9.90 Å². The van der Waals surface area contributed by atoms with Crippen LogP contribution in [0.1, 0.15) is 17.5 Å². The van der Waals surface area contributed by atoms with Crippen molar-refractivity contribution in [3.8, 4) is 11.8 Å². The highest BCUT2D eigenvalue weighted by Crippen LogP contribution is 2.24. The number of nitriles is 1. The van der Waals surface area contributed by atoms with Crippen LogP contribution in [0.3, 0.4) is 0 Å². The van der Waals surface area contributed by atoms with Crippen LogP contribution in [0.15, 0.2) is 18.2 Å². The van der Waals surface area contributed by atoms with Gasteiger partial charge in [-0.1, -0.05) is 6.07 Å². The number of likely N-dealkylation sites (tertiary alicyclic amines) is 1. The second-order valence-electron chi connectivity index (χ2n) is 5.06. The van der Waals surface area contributed by atoms with Gasteiger partial charge in [-0.15, -0.1) is 0 Å². The quantitative estimate of drug-likeness (QED) is 0.769. The van der Waals surface area contributed by atoms with Gasteiger partial charge in [-0.05, 0) is 36.1 Å². The van der Waals surface area contributed by atoms with Crippen molar-refractivity contribution in [2.24, 2.45) is 0 Å². The number of fused-ring (bicyclic) bond motifs is 1. The fraction of sp³-hybridized carbons (Fsp3) is 0.429.